The number of hydroxylamine groups is 2. The van der Waals surface area contributed by atoms with E-state index in [0.717, 1.165) is 47.1 Å². The average Bonchev–Trinajstić information content (AvgIpc) is 2.86. The SMILES string of the molecule is CC(C)(C)C(=O)ON1CCC(Cn2cc(I)c3c(N)ncnc32)CC1. The summed E-state index contributed by atoms with van der Waals surface area (Å²) in [6.45, 7) is 8.02. The van der Waals surface area contributed by atoms with Gasteiger partial charge in [-0.25, -0.2) is 14.8 Å². The molecule has 2 N–H and O–H groups in total. The van der Waals surface area contributed by atoms with E-state index < -0.39 is 5.41 Å². The van der Waals surface area contributed by atoms with Crippen LogP contribution in [-0.2, 0) is 16.2 Å². The molecule has 2 aromatic heterocycles. The Bertz CT molecular complexity index is 775. The van der Waals surface area contributed by atoms with Gasteiger partial charge in [0.25, 0.3) is 0 Å². The van der Waals surface area contributed by atoms with Crippen molar-refractivity contribution in [3.63, 3.8) is 0 Å². The summed E-state index contributed by atoms with van der Waals surface area (Å²) >= 11 is 2.28. The van der Waals surface area contributed by atoms with Gasteiger partial charge in [0.2, 0.25) is 0 Å². The minimum Gasteiger partial charge on any atom is -0.383 e. The summed E-state index contributed by atoms with van der Waals surface area (Å²) < 4.78 is 3.23. The van der Waals surface area contributed by atoms with Crippen molar-refractivity contribution in [1.29, 1.82) is 0 Å². The number of carbonyl (C=O) groups is 1. The van der Waals surface area contributed by atoms with Gasteiger partial charge in [0.1, 0.15) is 17.8 Å². The van der Waals surface area contributed by atoms with E-state index in [0.29, 0.717) is 11.7 Å². The van der Waals surface area contributed by atoms with Crippen molar-refractivity contribution in [2.45, 2.75) is 40.2 Å². The van der Waals surface area contributed by atoms with Crippen molar-refractivity contribution in [2.75, 3.05) is 18.8 Å². The highest BCUT2D eigenvalue weighted by molar-refractivity contribution is 14.1. The highest BCUT2D eigenvalue weighted by atomic mass is 127. The van der Waals surface area contributed by atoms with E-state index in [1.165, 1.54) is 6.33 Å². The second-order valence-corrected chi connectivity index (χ2v) is 8.75. The molecule has 136 valence electrons. The summed E-state index contributed by atoms with van der Waals surface area (Å²) in [4.78, 5) is 26.0. The minimum absolute atomic E-state index is 0.177. The number of nitrogens with two attached hydrogens (primary N) is 1. The zero-order chi connectivity index (χ0) is 18.2. The van der Waals surface area contributed by atoms with Gasteiger partial charge < -0.3 is 15.1 Å². The maximum atomic E-state index is 12.0. The lowest BCUT2D eigenvalue weighted by atomic mass is 9.97. The Balaban J connectivity index is 1.62. The maximum absolute atomic E-state index is 12.0. The molecule has 25 heavy (non-hydrogen) atoms. The maximum Gasteiger partial charge on any atom is 0.330 e. The molecule has 0 atom stereocenters. The van der Waals surface area contributed by atoms with E-state index in [2.05, 4.69) is 43.3 Å². The number of hydrogen-bond donors (Lipinski definition) is 1. The van der Waals surface area contributed by atoms with Gasteiger partial charge in [0, 0.05) is 29.4 Å². The van der Waals surface area contributed by atoms with E-state index in [1.807, 2.05) is 20.8 Å². The quantitative estimate of drug-likeness (QED) is 0.714. The van der Waals surface area contributed by atoms with Crippen molar-refractivity contribution < 1.29 is 9.63 Å². The third-order valence-electron chi connectivity index (χ3n) is 4.49. The lowest BCUT2D eigenvalue weighted by Crippen LogP contribution is -2.39. The van der Waals surface area contributed by atoms with E-state index in [9.17, 15) is 4.79 Å². The van der Waals surface area contributed by atoms with Crippen LogP contribution < -0.4 is 5.73 Å². The molecule has 0 radical (unpaired) electrons. The Hall–Kier alpha value is -1.42. The van der Waals surface area contributed by atoms with Crippen LogP contribution in [0.3, 0.4) is 0 Å². The smallest absolute Gasteiger partial charge is 0.330 e. The van der Waals surface area contributed by atoms with Crippen LogP contribution in [0.1, 0.15) is 33.6 Å². The molecule has 0 bridgehead atoms. The minimum atomic E-state index is -0.475. The fourth-order valence-corrected chi connectivity index (χ4v) is 3.81. The van der Waals surface area contributed by atoms with E-state index in [1.54, 1.807) is 5.06 Å². The summed E-state index contributed by atoms with van der Waals surface area (Å²) in [5.41, 5.74) is 6.39. The summed E-state index contributed by atoms with van der Waals surface area (Å²) in [5, 5.41) is 2.72. The number of nitrogen functional groups attached to an aromatic ring is 1. The molecule has 3 rings (SSSR count). The Morgan fingerprint density at radius 3 is 2.68 bits per heavy atom. The predicted octanol–water partition coefficient (Wildman–Crippen LogP) is 2.83. The highest BCUT2D eigenvalue weighted by Crippen LogP contribution is 2.28. The Morgan fingerprint density at radius 2 is 2.04 bits per heavy atom. The summed E-state index contributed by atoms with van der Waals surface area (Å²) in [6, 6.07) is 0. The number of fused-ring (bicyclic) bond motifs is 1. The first-order chi connectivity index (χ1) is 11.8. The molecule has 7 nitrogen and oxygen atoms in total. The van der Waals surface area contributed by atoms with Gasteiger partial charge in [-0.05, 0) is 62.1 Å². The van der Waals surface area contributed by atoms with Crippen LogP contribution in [-0.4, -0.2) is 38.7 Å². The summed E-state index contributed by atoms with van der Waals surface area (Å²) in [6.07, 6.45) is 5.56. The Morgan fingerprint density at radius 1 is 1.36 bits per heavy atom. The molecule has 0 unspecified atom stereocenters. The zero-order valence-electron chi connectivity index (χ0n) is 14.8. The molecule has 1 fully saturated rings. The standard InChI is InChI=1S/C17H24IN5O2/c1-17(2,3)16(24)25-23-6-4-11(5-7-23)8-22-9-12(18)13-14(19)20-10-21-15(13)22/h9-11H,4-8H2,1-3H3,(H2,19,20,21). The van der Waals surface area contributed by atoms with E-state index >= 15 is 0 Å². The predicted molar refractivity (Wildman–Crippen MR) is 105 cm³/mol. The van der Waals surface area contributed by atoms with Crippen molar-refractivity contribution in [2.24, 2.45) is 11.3 Å². The van der Waals surface area contributed by atoms with Crippen molar-refractivity contribution in [3.8, 4) is 0 Å². The summed E-state index contributed by atoms with van der Waals surface area (Å²) in [5.74, 6) is 0.869. The van der Waals surface area contributed by atoms with Crippen LogP contribution in [0.4, 0.5) is 5.82 Å². The van der Waals surface area contributed by atoms with Crippen molar-refractivity contribution in [1.82, 2.24) is 19.6 Å². The first-order valence-electron chi connectivity index (χ1n) is 8.48. The topological polar surface area (TPSA) is 86.3 Å². The number of hydrogen-bond acceptors (Lipinski definition) is 6. The third kappa shape index (κ3) is 4.05. The van der Waals surface area contributed by atoms with Gasteiger partial charge >= 0.3 is 5.97 Å². The van der Waals surface area contributed by atoms with E-state index in [-0.39, 0.29) is 5.97 Å². The lowest BCUT2D eigenvalue weighted by molar-refractivity contribution is -0.206. The van der Waals surface area contributed by atoms with Gasteiger partial charge in [-0.3, -0.25) is 0 Å². The van der Waals surface area contributed by atoms with Gasteiger partial charge in [-0.15, -0.1) is 5.06 Å². The molecule has 1 aliphatic heterocycles. The molecule has 0 aliphatic carbocycles. The molecule has 2 aromatic rings. The van der Waals surface area contributed by atoms with E-state index in [4.69, 9.17) is 10.6 Å². The van der Waals surface area contributed by atoms with Gasteiger partial charge in [-0.2, -0.15) is 0 Å². The Kier molecular flexibility index (Phi) is 5.19. The molecule has 1 saturated heterocycles. The van der Waals surface area contributed by atoms with Crippen LogP contribution in [0, 0.1) is 14.9 Å². The molecular weight excluding hydrogens is 433 g/mol. The van der Waals surface area contributed by atoms with Crippen LogP contribution in [0.2, 0.25) is 0 Å². The Labute approximate surface area is 161 Å². The van der Waals surface area contributed by atoms with Crippen LogP contribution in [0.25, 0.3) is 11.0 Å². The number of aromatic nitrogens is 3. The molecule has 0 aromatic carbocycles. The number of piperidine rings is 1. The van der Waals surface area contributed by atoms with Gasteiger partial charge in [0.05, 0.1) is 10.8 Å². The highest BCUT2D eigenvalue weighted by Gasteiger charge is 2.28. The largest absolute Gasteiger partial charge is 0.383 e. The molecule has 0 spiro atoms. The number of carbonyl (C=O) groups excluding carboxylic acids is 1. The fourth-order valence-electron chi connectivity index (χ4n) is 2.95. The zero-order valence-corrected chi connectivity index (χ0v) is 17.0. The number of rotatable bonds is 3. The average molecular weight is 457 g/mol. The second kappa shape index (κ2) is 7.06. The van der Waals surface area contributed by atoms with Crippen molar-refractivity contribution >= 4 is 45.4 Å². The number of anilines is 1. The van der Waals surface area contributed by atoms with Crippen LogP contribution in [0.15, 0.2) is 12.5 Å². The normalized spacial score (nSPS) is 17.1. The molecule has 0 amide bonds. The number of nitrogens with zero attached hydrogens (tertiary/aromatic N) is 4. The first kappa shape index (κ1) is 18.4. The van der Waals surface area contributed by atoms with Crippen LogP contribution in [0.5, 0.6) is 0 Å². The third-order valence-corrected chi connectivity index (χ3v) is 5.31. The van der Waals surface area contributed by atoms with Gasteiger partial charge in [-0.1, -0.05) is 0 Å². The molecule has 1 aliphatic rings. The monoisotopic (exact) mass is 457 g/mol. The number of halogens is 1. The van der Waals surface area contributed by atoms with Gasteiger partial charge in [0.15, 0.2) is 0 Å². The second-order valence-electron chi connectivity index (χ2n) is 7.59. The molecular formula is C17H24IN5O2. The lowest BCUT2D eigenvalue weighted by Gasteiger charge is -2.32. The van der Waals surface area contributed by atoms with Crippen LogP contribution >= 0.6 is 22.6 Å². The summed E-state index contributed by atoms with van der Waals surface area (Å²) in [7, 11) is 0. The van der Waals surface area contributed by atoms with Crippen molar-refractivity contribution in [3.05, 3.63) is 16.1 Å². The molecule has 8 heteroatoms. The fraction of sp³-hybridized carbons (Fsp3) is 0.588. The molecule has 0 saturated carbocycles. The first-order valence-corrected chi connectivity index (χ1v) is 9.55. The molecule has 3 heterocycles.